The van der Waals surface area contributed by atoms with Crippen LogP contribution in [0.15, 0.2) is 34.5 Å². The first-order chi connectivity index (χ1) is 14.9. The smallest absolute Gasteiger partial charge is 0.374 e. The molecule has 0 radical (unpaired) electrons. The number of rotatable bonds is 2. The Hall–Kier alpha value is -1.55. The number of furan rings is 1. The topological polar surface area (TPSA) is 42.7 Å². The molecule has 168 valence electrons. The van der Waals surface area contributed by atoms with Crippen molar-refractivity contribution in [2.45, 2.75) is 77.4 Å². The highest BCUT2D eigenvalue weighted by molar-refractivity contribution is 5.86. The highest BCUT2D eigenvalue weighted by atomic mass is 16.6. The molecular formula is C27H37NO3. The van der Waals surface area contributed by atoms with Gasteiger partial charge < -0.3 is 14.1 Å². The highest BCUT2D eigenvalue weighted by Gasteiger charge is 2.64. The van der Waals surface area contributed by atoms with Crippen molar-refractivity contribution in [1.29, 1.82) is 0 Å². The molecule has 4 fully saturated rings. The third-order valence-corrected chi connectivity index (χ3v) is 10.7. The second-order valence-electron chi connectivity index (χ2n) is 11.6. The Morgan fingerprint density at radius 1 is 1.16 bits per heavy atom. The summed E-state index contributed by atoms with van der Waals surface area (Å²) in [7, 11) is 2.35. The minimum Gasteiger partial charge on any atom is -0.457 e. The molecule has 1 aliphatic heterocycles. The number of nitrogens with zero attached hydrogens (tertiary/aromatic N) is 1. The predicted octanol–water partition coefficient (Wildman–Crippen LogP) is 5.70. The number of allylic oxidation sites excluding steroid dienone is 1. The molecule has 1 saturated heterocycles. The summed E-state index contributed by atoms with van der Waals surface area (Å²) >= 11 is 0. The van der Waals surface area contributed by atoms with Crippen molar-refractivity contribution in [1.82, 2.24) is 4.90 Å². The standard InChI is InChI=1S/C27H37NO3/c1-17-21-8-9-23-20-7-6-18-15-19(31-25(29)24-5-4-14-30-24)10-12-26(18,2)22(20)11-13-27(21,23)16-28(17)3/h4-6,14,17,19-23H,7-13,15-16H2,1-3H3/t17-,19-,20+,21+,22-,23-,26-,27-/m0/s1. The summed E-state index contributed by atoms with van der Waals surface area (Å²) in [6.07, 6.45) is 14.1. The summed E-state index contributed by atoms with van der Waals surface area (Å²) in [5.41, 5.74) is 2.46. The lowest BCUT2D eigenvalue weighted by Gasteiger charge is -2.58. The average molecular weight is 424 g/mol. The molecule has 4 nitrogen and oxygen atoms in total. The molecule has 1 spiro atoms. The van der Waals surface area contributed by atoms with Crippen molar-refractivity contribution >= 4 is 5.97 Å². The summed E-state index contributed by atoms with van der Waals surface area (Å²) < 4.78 is 11.1. The van der Waals surface area contributed by atoms with E-state index in [0.717, 1.165) is 49.0 Å². The van der Waals surface area contributed by atoms with E-state index in [1.165, 1.54) is 44.9 Å². The zero-order valence-corrected chi connectivity index (χ0v) is 19.3. The fourth-order valence-electron chi connectivity index (χ4n) is 9.13. The maximum Gasteiger partial charge on any atom is 0.374 e. The monoisotopic (exact) mass is 423 g/mol. The molecular weight excluding hydrogens is 386 g/mol. The normalized spacial score (nSPS) is 46.5. The molecule has 0 bridgehead atoms. The van der Waals surface area contributed by atoms with E-state index < -0.39 is 0 Å². The van der Waals surface area contributed by atoms with Crippen LogP contribution in [0.2, 0.25) is 0 Å². The minimum atomic E-state index is -0.316. The molecule has 4 heteroatoms. The minimum absolute atomic E-state index is 0.0106. The van der Waals surface area contributed by atoms with Gasteiger partial charge in [-0.15, -0.1) is 0 Å². The fourth-order valence-corrected chi connectivity index (χ4v) is 9.13. The van der Waals surface area contributed by atoms with E-state index in [4.69, 9.17) is 9.15 Å². The second kappa shape index (κ2) is 6.97. The van der Waals surface area contributed by atoms with E-state index in [2.05, 4.69) is 31.9 Å². The van der Waals surface area contributed by atoms with Crippen molar-refractivity contribution in [2.24, 2.45) is 34.5 Å². The molecule has 0 N–H and O–H groups in total. The molecule has 8 atom stereocenters. The quantitative estimate of drug-likeness (QED) is 0.452. The molecule has 6 rings (SSSR count). The Morgan fingerprint density at radius 3 is 2.81 bits per heavy atom. The molecule has 1 aromatic heterocycles. The van der Waals surface area contributed by atoms with Crippen LogP contribution in [0, 0.1) is 34.5 Å². The number of esters is 1. The van der Waals surface area contributed by atoms with Crippen LogP contribution in [0.25, 0.3) is 0 Å². The van der Waals surface area contributed by atoms with Crippen LogP contribution in [-0.4, -0.2) is 36.6 Å². The zero-order chi connectivity index (χ0) is 21.4. The van der Waals surface area contributed by atoms with Gasteiger partial charge >= 0.3 is 5.97 Å². The van der Waals surface area contributed by atoms with Crippen LogP contribution in [-0.2, 0) is 4.74 Å². The van der Waals surface area contributed by atoms with Gasteiger partial charge in [0.2, 0.25) is 5.76 Å². The molecule has 5 aliphatic rings. The van der Waals surface area contributed by atoms with Crippen LogP contribution in [0.4, 0.5) is 0 Å². The molecule has 4 aliphatic carbocycles. The predicted molar refractivity (Wildman–Crippen MR) is 120 cm³/mol. The first-order valence-electron chi connectivity index (χ1n) is 12.6. The number of hydrogen-bond donors (Lipinski definition) is 0. The van der Waals surface area contributed by atoms with Gasteiger partial charge in [0.25, 0.3) is 0 Å². The molecule has 2 heterocycles. The van der Waals surface area contributed by atoms with Crippen molar-refractivity contribution < 1.29 is 13.9 Å². The van der Waals surface area contributed by atoms with Gasteiger partial charge in [-0.1, -0.05) is 18.6 Å². The SMILES string of the molecule is C[C@H]1[C@H]2CC[C@H]3[C@@H]4CC=C5C[C@@H](OC(=O)c6ccco6)CC[C@]5(C)[C@H]4CC[C@]23CN1C. The lowest BCUT2D eigenvalue weighted by molar-refractivity contribution is -0.0511. The van der Waals surface area contributed by atoms with Crippen LogP contribution >= 0.6 is 0 Å². The molecule has 0 unspecified atom stereocenters. The number of carbonyl (C=O) groups is 1. The molecule has 3 saturated carbocycles. The Bertz CT molecular complexity index is 890. The van der Waals surface area contributed by atoms with Gasteiger partial charge in [0.1, 0.15) is 6.10 Å². The van der Waals surface area contributed by atoms with E-state index in [1.54, 1.807) is 17.7 Å². The van der Waals surface area contributed by atoms with Gasteiger partial charge in [0, 0.05) is 19.0 Å². The van der Waals surface area contributed by atoms with Crippen molar-refractivity contribution in [2.75, 3.05) is 13.6 Å². The van der Waals surface area contributed by atoms with E-state index in [1.807, 2.05) is 0 Å². The number of carbonyl (C=O) groups excluding carboxylic acids is 1. The van der Waals surface area contributed by atoms with Crippen LogP contribution in [0.5, 0.6) is 0 Å². The van der Waals surface area contributed by atoms with Crippen molar-refractivity contribution in [3.63, 3.8) is 0 Å². The van der Waals surface area contributed by atoms with Gasteiger partial charge in [-0.05, 0) is 106 Å². The summed E-state index contributed by atoms with van der Waals surface area (Å²) in [5.74, 6) is 3.49. The molecule has 31 heavy (non-hydrogen) atoms. The van der Waals surface area contributed by atoms with Crippen LogP contribution in [0.1, 0.15) is 75.8 Å². The fraction of sp³-hybridized carbons (Fsp3) is 0.741. The molecule has 0 amide bonds. The number of fused-ring (bicyclic) bond motifs is 4. The Morgan fingerprint density at radius 2 is 2.00 bits per heavy atom. The summed E-state index contributed by atoms with van der Waals surface area (Å²) in [5, 5.41) is 0. The third kappa shape index (κ3) is 2.79. The van der Waals surface area contributed by atoms with E-state index in [-0.39, 0.29) is 12.1 Å². The Balaban J connectivity index is 1.21. The van der Waals surface area contributed by atoms with Crippen molar-refractivity contribution in [3.8, 4) is 0 Å². The van der Waals surface area contributed by atoms with Crippen LogP contribution in [0.3, 0.4) is 0 Å². The number of hydrogen-bond acceptors (Lipinski definition) is 4. The maximum absolute atomic E-state index is 12.4. The van der Waals surface area contributed by atoms with Crippen molar-refractivity contribution in [3.05, 3.63) is 35.8 Å². The lowest BCUT2D eigenvalue weighted by atomic mass is 9.47. The number of likely N-dealkylation sites (tertiary alicyclic amines) is 1. The third-order valence-electron chi connectivity index (χ3n) is 10.7. The molecule has 1 aromatic rings. The van der Waals surface area contributed by atoms with Gasteiger partial charge in [-0.3, -0.25) is 0 Å². The summed E-state index contributed by atoms with van der Waals surface area (Å²) in [6.45, 7) is 6.33. The van der Waals surface area contributed by atoms with E-state index >= 15 is 0 Å². The number of ether oxygens (including phenoxy) is 1. The van der Waals surface area contributed by atoms with Gasteiger partial charge in [-0.2, -0.15) is 0 Å². The van der Waals surface area contributed by atoms with Gasteiger partial charge in [-0.25, -0.2) is 4.79 Å². The van der Waals surface area contributed by atoms with E-state index in [0.29, 0.717) is 16.6 Å². The lowest BCUT2D eigenvalue weighted by Crippen LogP contribution is -2.51. The molecule has 0 aromatic carbocycles. The maximum atomic E-state index is 12.4. The second-order valence-corrected chi connectivity index (χ2v) is 11.6. The summed E-state index contributed by atoms with van der Waals surface area (Å²) in [4.78, 5) is 15.0. The zero-order valence-electron chi connectivity index (χ0n) is 19.3. The Labute approximate surface area is 186 Å². The highest BCUT2D eigenvalue weighted by Crippen LogP contribution is 2.68. The summed E-state index contributed by atoms with van der Waals surface area (Å²) in [6, 6.07) is 4.18. The van der Waals surface area contributed by atoms with Gasteiger partial charge in [0.05, 0.1) is 6.26 Å². The first-order valence-corrected chi connectivity index (χ1v) is 12.6. The van der Waals surface area contributed by atoms with Gasteiger partial charge in [0.15, 0.2) is 0 Å². The van der Waals surface area contributed by atoms with E-state index in [9.17, 15) is 4.79 Å². The first kappa shape index (κ1) is 20.1. The largest absolute Gasteiger partial charge is 0.457 e. The average Bonchev–Trinajstić information content (AvgIpc) is 3.45. The Kier molecular flexibility index (Phi) is 4.52. The van der Waals surface area contributed by atoms with Crippen LogP contribution < -0.4 is 0 Å².